The average molecular weight is 471 g/mol. The molecule has 2 aliphatic heterocycles. The number of hydrogen-bond acceptors (Lipinski definition) is 4. The summed E-state index contributed by atoms with van der Waals surface area (Å²) in [7, 11) is 0. The number of halogens is 1. The number of fused-ring (bicyclic) bond motifs is 1. The fraction of sp³-hybridized carbons (Fsp3) is 0.222. The Bertz CT molecular complexity index is 1300. The van der Waals surface area contributed by atoms with Crippen LogP contribution in [0, 0.1) is 17.7 Å². The van der Waals surface area contributed by atoms with Crippen molar-refractivity contribution in [2.45, 2.75) is 18.0 Å². The monoisotopic (exact) mass is 470 g/mol. The summed E-state index contributed by atoms with van der Waals surface area (Å²) in [5.74, 6) is 5.39. The maximum absolute atomic E-state index is 13.5. The fourth-order valence-electron chi connectivity index (χ4n) is 4.79. The highest BCUT2D eigenvalue weighted by Gasteiger charge is 2.54. The van der Waals surface area contributed by atoms with Crippen molar-refractivity contribution in [2.24, 2.45) is 0 Å². The molecule has 1 aromatic heterocycles. The molecule has 7 nitrogen and oxygen atoms in total. The van der Waals surface area contributed by atoms with Gasteiger partial charge in [0, 0.05) is 41.7 Å². The van der Waals surface area contributed by atoms with Gasteiger partial charge in [-0.15, -0.1) is 0 Å². The van der Waals surface area contributed by atoms with Crippen molar-refractivity contribution >= 4 is 17.6 Å². The maximum Gasteiger partial charge on any atom is 0.322 e. The number of anilines is 1. The molecule has 8 heteroatoms. The number of nitrogens with one attached hydrogen (secondary N) is 1. The van der Waals surface area contributed by atoms with Gasteiger partial charge in [0.15, 0.2) is 0 Å². The van der Waals surface area contributed by atoms with E-state index in [0.717, 1.165) is 16.7 Å². The normalized spacial score (nSPS) is 20.9. The number of rotatable bonds is 3. The first-order valence-corrected chi connectivity index (χ1v) is 11.3. The minimum absolute atomic E-state index is 0.0935. The molecular weight excluding hydrogens is 447 g/mol. The Hall–Kier alpha value is -4.22. The second-order valence-corrected chi connectivity index (χ2v) is 8.58. The maximum atomic E-state index is 13.5. The Labute approximate surface area is 202 Å². The number of carbonyl (C=O) groups excluding carboxylic acids is 2. The van der Waals surface area contributed by atoms with Crippen LogP contribution < -0.4 is 5.32 Å². The highest BCUT2D eigenvalue weighted by atomic mass is 19.1. The van der Waals surface area contributed by atoms with E-state index in [1.54, 1.807) is 23.4 Å². The zero-order valence-corrected chi connectivity index (χ0v) is 18.8. The van der Waals surface area contributed by atoms with Crippen molar-refractivity contribution in [1.82, 2.24) is 14.8 Å². The Kier molecular flexibility index (Phi) is 6.17. The summed E-state index contributed by atoms with van der Waals surface area (Å²) in [5.41, 5.74) is 2.96. The molecule has 2 aromatic carbocycles. The van der Waals surface area contributed by atoms with Crippen molar-refractivity contribution in [2.75, 3.05) is 25.0 Å². The Morgan fingerprint density at radius 1 is 1.11 bits per heavy atom. The van der Waals surface area contributed by atoms with E-state index in [9.17, 15) is 19.1 Å². The third-order valence-corrected chi connectivity index (χ3v) is 6.42. The van der Waals surface area contributed by atoms with Gasteiger partial charge in [0.05, 0.1) is 18.7 Å². The van der Waals surface area contributed by atoms with Gasteiger partial charge in [-0.05, 0) is 48.0 Å². The molecule has 0 spiro atoms. The fourth-order valence-corrected chi connectivity index (χ4v) is 4.79. The minimum atomic E-state index is -0.462. The smallest absolute Gasteiger partial charge is 0.322 e. The molecule has 5 rings (SSSR count). The Balaban J connectivity index is 1.31. The van der Waals surface area contributed by atoms with Crippen LogP contribution in [0.4, 0.5) is 14.9 Å². The van der Waals surface area contributed by atoms with E-state index in [-0.39, 0.29) is 37.1 Å². The summed E-state index contributed by atoms with van der Waals surface area (Å²) in [6.45, 7) is 0.0608. The van der Waals surface area contributed by atoms with Gasteiger partial charge in [-0.3, -0.25) is 9.78 Å². The predicted octanol–water partition coefficient (Wildman–Crippen LogP) is 2.82. The molecule has 0 unspecified atom stereocenters. The standard InChI is InChI=1S/C27H23FN4O3/c28-21-4-1-5-22(13-21)30-27(35)31-15-23-26(24(17-33)32(23)25(34)16-31)20-10-8-18(9-11-20)6-7-19-3-2-12-29-14-19/h1-5,8-14,23-24,26,33H,15-17H2,(H,30,35)/t23-,24+,26+/m1/s1. The van der Waals surface area contributed by atoms with Crippen LogP contribution >= 0.6 is 0 Å². The topological polar surface area (TPSA) is 85.8 Å². The van der Waals surface area contributed by atoms with Crippen molar-refractivity contribution in [3.8, 4) is 11.8 Å². The predicted molar refractivity (Wildman–Crippen MR) is 128 cm³/mol. The largest absolute Gasteiger partial charge is 0.394 e. The van der Waals surface area contributed by atoms with Crippen LogP contribution in [0.1, 0.15) is 22.6 Å². The van der Waals surface area contributed by atoms with Gasteiger partial charge in [0.25, 0.3) is 0 Å². The molecule has 176 valence electrons. The van der Waals surface area contributed by atoms with Gasteiger partial charge >= 0.3 is 6.03 Å². The molecule has 3 amide bonds. The summed E-state index contributed by atoms with van der Waals surface area (Å²) in [4.78, 5) is 32.7. The van der Waals surface area contributed by atoms with Gasteiger partial charge in [-0.2, -0.15) is 0 Å². The second kappa shape index (κ2) is 9.57. The first kappa shape index (κ1) is 22.6. The first-order chi connectivity index (χ1) is 17.0. The number of pyridine rings is 1. The van der Waals surface area contributed by atoms with Gasteiger partial charge in [0.1, 0.15) is 12.4 Å². The lowest BCUT2D eigenvalue weighted by Crippen LogP contribution is -2.73. The first-order valence-electron chi connectivity index (χ1n) is 11.3. The van der Waals surface area contributed by atoms with E-state index in [0.29, 0.717) is 12.2 Å². The van der Waals surface area contributed by atoms with Crippen molar-refractivity contribution < 1.29 is 19.1 Å². The highest BCUT2D eigenvalue weighted by Crippen LogP contribution is 2.43. The number of carbonyl (C=O) groups is 2. The number of amides is 3. The van der Waals surface area contributed by atoms with Gasteiger partial charge in [-0.25, -0.2) is 9.18 Å². The molecule has 2 fully saturated rings. The lowest BCUT2D eigenvalue weighted by atomic mass is 9.73. The molecule has 2 N–H and O–H groups in total. The van der Waals surface area contributed by atoms with E-state index in [4.69, 9.17) is 0 Å². The van der Waals surface area contributed by atoms with E-state index in [1.807, 2.05) is 36.4 Å². The summed E-state index contributed by atoms with van der Waals surface area (Å²) in [6, 6.07) is 16.0. The van der Waals surface area contributed by atoms with E-state index < -0.39 is 11.8 Å². The van der Waals surface area contributed by atoms with Gasteiger partial charge in [0.2, 0.25) is 5.91 Å². The second-order valence-electron chi connectivity index (χ2n) is 8.58. The third kappa shape index (κ3) is 4.59. The Morgan fingerprint density at radius 2 is 1.91 bits per heavy atom. The third-order valence-electron chi connectivity index (χ3n) is 6.42. The highest BCUT2D eigenvalue weighted by molar-refractivity contribution is 5.93. The number of benzene rings is 2. The zero-order valence-electron chi connectivity index (χ0n) is 18.8. The van der Waals surface area contributed by atoms with Gasteiger partial charge < -0.3 is 20.2 Å². The molecule has 0 saturated carbocycles. The van der Waals surface area contributed by atoms with E-state index in [1.165, 1.54) is 23.1 Å². The molecule has 0 aliphatic carbocycles. The molecule has 2 saturated heterocycles. The van der Waals surface area contributed by atoms with Crippen LogP contribution in [0.2, 0.25) is 0 Å². The molecule has 3 aromatic rings. The number of aliphatic hydroxyl groups is 1. The van der Waals surface area contributed by atoms with Crippen LogP contribution in [0.25, 0.3) is 0 Å². The molecule has 2 aliphatic rings. The number of aromatic nitrogens is 1. The molecular formula is C27H23FN4O3. The minimum Gasteiger partial charge on any atom is -0.394 e. The van der Waals surface area contributed by atoms with Crippen LogP contribution in [0.3, 0.4) is 0 Å². The van der Waals surface area contributed by atoms with Crippen molar-refractivity contribution in [3.05, 3.63) is 95.6 Å². The van der Waals surface area contributed by atoms with E-state index in [2.05, 4.69) is 22.1 Å². The summed E-state index contributed by atoms with van der Waals surface area (Å²) in [5, 5.41) is 12.6. The number of piperazine rings is 1. The number of urea groups is 1. The van der Waals surface area contributed by atoms with E-state index >= 15 is 0 Å². The SMILES string of the molecule is O=C(Nc1cccc(F)c1)N1CC(=O)N2[C@H](C1)[C@H](c1ccc(C#Cc3cccnc3)cc1)[C@@H]2CO. The van der Waals surface area contributed by atoms with Gasteiger partial charge in [-0.1, -0.05) is 30.0 Å². The molecule has 35 heavy (non-hydrogen) atoms. The lowest BCUT2D eigenvalue weighted by molar-refractivity contribution is -0.159. The van der Waals surface area contributed by atoms with Crippen LogP contribution in [0.5, 0.6) is 0 Å². The van der Waals surface area contributed by atoms with Crippen molar-refractivity contribution in [1.29, 1.82) is 0 Å². The van der Waals surface area contributed by atoms with Crippen LogP contribution in [-0.4, -0.2) is 63.6 Å². The van der Waals surface area contributed by atoms with Crippen LogP contribution in [0.15, 0.2) is 73.1 Å². The van der Waals surface area contributed by atoms with Crippen LogP contribution in [-0.2, 0) is 4.79 Å². The molecule has 3 atom stereocenters. The number of hydrogen-bond donors (Lipinski definition) is 2. The number of nitrogens with zero attached hydrogens (tertiary/aromatic N) is 3. The summed E-state index contributed by atoms with van der Waals surface area (Å²) in [6.07, 6.45) is 3.40. The Morgan fingerprint density at radius 3 is 2.63 bits per heavy atom. The number of aliphatic hydroxyl groups excluding tert-OH is 1. The summed E-state index contributed by atoms with van der Waals surface area (Å²) >= 11 is 0. The lowest BCUT2D eigenvalue weighted by Gasteiger charge is -2.58. The quantitative estimate of drug-likeness (QED) is 0.577. The average Bonchev–Trinajstić information content (AvgIpc) is 2.85. The zero-order chi connectivity index (χ0) is 24.4. The van der Waals surface area contributed by atoms with Crippen molar-refractivity contribution in [3.63, 3.8) is 0 Å². The molecule has 0 bridgehead atoms. The summed E-state index contributed by atoms with van der Waals surface area (Å²) < 4.78 is 13.5. The molecule has 0 radical (unpaired) electrons. The molecule has 3 heterocycles.